The van der Waals surface area contributed by atoms with Gasteiger partial charge in [0, 0.05) is 12.5 Å². The molecular formula is C10H9Cl6N2O2Sb. The fraction of sp³-hybridized carbons (Fsp3) is 0.100. The molecule has 0 heterocycles. The van der Waals surface area contributed by atoms with E-state index in [1.165, 1.54) is 6.92 Å². The van der Waals surface area contributed by atoms with Crippen molar-refractivity contribution in [1.82, 2.24) is 0 Å². The van der Waals surface area contributed by atoms with E-state index in [1.54, 1.807) is 30.3 Å². The van der Waals surface area contributed by atoms with Crippen molar-refractivity contribution in [3.05, 3.63) is 46.6 Å². The molecule has 1 aromatic carbocycles. The minimum atomic E-state index is -5.42. The van der Waals surface area contributed by atoms with E-state index in [1.807, 2.05) is 0 Å². The van der Waals surface area contributed by atoms with E-state index in [0.717, 1.165) is 0 Å². The van der Waals surface area contributed by atoms with E-state index >= 15 is 0 Å². The molecule has 0 atom stereocenters. The predicted octanol–water partition coefficient (Wildman–Crippen LogP) is 6.11. The van der Waals surface area contributed by atoms with Gasteiger partial charge in [0.2, 0.25) is 11.2 Å². The molecule has 11 heteroatoms. The second kappa shape index (κ2) is 6.89. The quantitative estimate of drug-likeness (QED) is 0.220. The third-order valence-electron chi connectivity index (χ3n) is 1.71. The summed E-state index contributed by atoms with van der Waals surface area (Å²) in [6.45, 7) is 1.22. The van der Waals surface area contributed by atoms with Gasteiger partial charge in [-0.2, -0.15) is 0 Å². The number of ketones is 1. The van der Waals surface area contributed by atoms with Crippen molar-refractivity contribution in [2.45, 2.75) is 6.92 Å². The standard InChI is InChI=1S/C10H8N2O2.6ClH.Sb/c1-7(13)9(12-11)10(14)8-5-3-2-4-6-8;;;;;;;/h2-6H,1H3;6*1H;/q;;;;;;;+5/p-5. The minimum absolute atomic E-state index is 0.319. The Hall–Kier alpha value is 0.408. The Kier molecular flexibility index (Phi) is 7.02. The Labute approximate surface area is 141 Å². The van der Waals surface area contributed by atoms with Gasteiger partial charge < -0.3 is 5.11 Å². The number of aliphatic hydroxyl groups excluding tert-OH is 1. The van der Waals surface area contributed by atoms with Crippen LogP contribution < -0.4 is 0 Å². The van der Waals surface area contributed by atoms with E-state index < -0.39 is 14.9 Å². The number of nitrogens with zero attached hydrogens (tertiary/aromatic N) is 2. The summed E-state index contributed by atoms with van der Waals surface area (Å²) in [5.41, 5.74) is 0.103. The summed E-state index contributed by atoms with van der Waals surface area (Å²) < 4.78 is 0. The van der Waals surface area contributed by atoms with Crippen molar-refractivity contribution in [3.63, 3.8) is 0 Å². The first-order valence-corrected chi connectivity index (χ1v) is 24.4. The molecule has 118 valence electrons. The van der Waals surface area contributed by atoms with Crippen molar-refractivity contribution in [3.8, 4) is 0 Å². The van der Waals surface area contributed by atoms with Gasteiger partial charge in [0.1, 0.15) is 0 Å². The molecule has 0 fully saturated rings. The normalized spacial score (nSPS) is 15.3. The summed E-state index contributed by atoms with van der Waals surface area (Å²) in [4.78, 5) is 13.7. The Bertz CT molecular complexity index is 592. The van der Waals surface area contributed by atoms with Crippen molar-refractivity contribution < 1.29 is 9.90 Å². The topological polar surface area (TPSA) is 65.5 Å². The number of hydrogen-bond acceptors (Lipinski definition) is 3. The second-order valence-corrected chi connectivity index (χ2v) is 60.6. The zero-order valence-corrected chi connectivity index (χ0v) is 17.4. The van der Waals surface area contributed by atoms with E-state index in [-0.39, 0.29) is 11.5 Å². The first-order chi connectivity index (χ1) is 9.11. The fourth-order valence-electron chi connectivity index (χ4n) is 1.02. The van der Waals surface area contributed by atoms with Gasteiger partial charge in [-0.05, 0) is 0 Å². The summed E-state index contributed by atoms with van der Waals surface area (Å²) in [7, 11) is 25.0. The summed E-state index contributed by atoms with van der Waals surface area (Å²) in [5.74, 6) is -0.811. The van der Waals surface area contributed by atoms with Crippen LogP contribution in [0.1, 0.15) is 12.5 Å². The van der Waals surface area contributed by atoms with Crippen molar-refractivity contribution >= 4 is 73.7 Å². The molecule has 0 spiro atoms. The molecule has 21 heavy (non-hydrogen) atoms. The summed E-state index contributed by atoms with van der Waals surface area (Å²) >= 11 is 0. The zero-order chi connectivity index (χ0) is 17.0. The van der Waals surface area contributed by atoms with Gasteiger partial charge in [-0.1, -0.05) is 30.3 Å². The van der Waals surface area contributed by atoms with Crippen LogP contribution in [0.2, 0.25) is 0 Å². The molecule has 0 aliphatic carbocycles. The number of halogens is 6. The summed E-state index contributed by atoms with van der Waals surface area (Å²) in [5, 5.41) is 18.1. The van der Waals surface area contributed by atoms with Crippen LogP contribution in [0.15, 0.2) is 36.0 Å². The maximum absolute atomic E-state index is 10.9. The number of Topliss-reactive ketones (excluding diaryl/α,β-unsaturated/α-hetero) is 1. The van der Waals surface area contributed by atoms with E-state index in [0.29, 0.717) is 5.56 Å². The number of aliphatic hydroxyl groups is 1. The Morgan fingerprint density at radius 1 is 1.10 bits per heavy atom. The molecule has 1 aromatic rings. The van der Waals surface area contributed by atoms with Crippen LogP contribution in [0.25, 0.3) is 10.7 Å². The van der Waals surface area contributed by atoms with Gasteiger partial charge in [-0.15, -0.1) is 0 Å². The molecule has 1 N–H and O–H groups in total. The number of carbonyl (C=O) groups is 1. The number of carbonyl (C=O) groups excluding carboxylic acids is 1. The van der Waals surface area contributed by atoms with Crippen LogP contribution in [-0.4, -0.2) is 20.0 Å². The van der Waals surface area contributed by atoms with Gasteiger partial charge in [0.25, 0.3) is 5.78 Å². The second-order valence-electron chi connectivity index (χ2n) is 3.68. The molecule has 0 aliphatic heterocycles. The van der Waals surface area contributed by atoms with Crippen LogP contribution in [0, 0.1) is 5.39 Å². The Balaban J connectivity index is 0.000000486. The number of hydrogen-bond donors (Lipinski definition) is 1. The molecule has 0 radical (unpaired) electrons. The number of benzene rings is 1. The molecule has 0 bridgehead atoms. The van der Waals surface area contributed by atoms with Crippen LogP contribution in [0.4, 0.5) is 0 Å². The molecule has 0 saturated carbocycles. The summed E-state index contributed by atoms with van der Waals surface area (Å²) in [6.07, 6.45) is 0. The molecular weight excluding hydrogens is 515 g/mol. The van der Waals surface area contributed by atoms with Crippen molar-refractivity contribution in [2.24, 2.45) is 0 Å². The third kappa shape index (κ3) is 13.8. The van der Waals surface area contributed by atoms with E-state index in [2.05, 4.69) is 4.98 Å². The Morgan fingerprint density at radius 3 is 1.76 bits per heavy atom. The van der Waals surface area contributed by atoms with E-state index in [9.17, 15) is 9.90 Å². The Morgan fingerprint density at radius 2 is 1.48 bits per heavy atom. The van der Waals surface area contributed by atoms with Crippen LogP contribution in [-0.2, 0) is 4.79 Å². The number of rotatable bonds is 2. The molecule has 4 nitrogen and oxygen atoms in total. The monoisotopic (exact) mass is 520 g/mol. The zero-order valence-electron chi connectivity index (χ0n) is 10.4. The average Bonchev–Trinajstić information content (AvgIpc) is 2.26. The van der Waals surface area contributed by atoms with E-state index in [4.69, 9.17) is 58.4 Å². The van der Waals surface area contributed by atoms with Crippen molar-refractivity contribution in [1.29, 1.82) is 5.39 Å². The van der Waals surface area contributed by atoms with Gasteiger partial charge in [-0.3, -0.25) is 4.79 Å². The van der Waals surface area contributed by atoms with Gasteiger partial charge in [0.15, 0.2) is 4.98 Å². The van der Waals surface area contributed by atoms with Gasteiger partial charge in [-0.25, -0.2) is 0 Å². The average molecular weight is 524 g/mol. The number of diazo groups is 1. The first kappa shape index (κ1) is 21.4. The molecule has 0 amide bonds. The van der Waals surface area contributed by atoms with Crippen LogP contribution in [0.5, 0.6) is 0 Å². The van der Waals surface area contributed by atoms with Gasteiger partial charge >= 0.3 is 67.8 Å². The van der Waals surface area contributed by atoms with Crippen LogP contribution in [0.3, 0.4) is 0 Å². The SMILES string of the molecule is CC(=O)/C([N+]#N)=C(\O)c1ccccc1.[Cl][Sb-]([Cl])([Cl])([Cl])([Cl])[Cl]. The molecule has 0 aliphatic rings. The van der Waals surface area contributed by atoms with Crippen molar-refractivity contribution in [2.75, 3.05) is 0 Å². The van der Waals surface area contributed by atoms with Crippen LogP contribution >= 0.6 is 53.0 Å². The van der Waals surface area contributed by atoms with Gasteiger partial charge in [0.05, 0.1) is 0 Å². The first-order valence-electron chi connectivity index (χ1n) is 5.03. The predicted molar refractivity (Wildman–Crippen MR) is 92.6 cm³/mol. The molecule has 0 aromatic heterocycles. The molecule has 1 rings (SSSR count). The molecule has 0 unspecified atom stereocenters. The fourth-order valence-corrected chi connectivity index (χ4v) is 1.02. The maximum atomic E-state index is 10.9. The third-order valence-corrected chi connectivity index (χ3v) is 1.71. The number of allylic oxidation sites excluding steroid dienone is 1. The molecule has 0 saturated heterocycles. The summed E-state index contributed by atoms with van der Waals surface area (Å²) in [6, 6.07) is 8.43.